The minimum atomic E-state index is -0.428. The Morgan fingerprint density at radius 3 is 2.89 bits per heavy atom. The Hall–Kier alpha value is -1.80. The number of nitrogens with two attached hydrogens (primary N) is 1. The third-order valence-corrected chi connectivity index (χ3v) is 3.20. The van der Waals surface area contributed by atoms with E-state index in [0.29, 0.717) is 22.6 Å². The van der Waals surface area contributed by atoms with Crippen LogP contribution in [0.5, 0.6) is 0 Å². The summed E-state index contributed by atoms with van der Waals surface area (Å²) < 4.78 is 0. The summed E-state index contributed by atoms with van der Waals surface area (Å²) in [5, 5.41) is 14.5. The molecule has 7 nitrogen and oxygen atoms in total. The quantitative estimate of drug-likeness (QED) is 0.645. The van der Waals surface area contributed by atoms with Crippen LogP contribution in [0, 0.1) is 10.1 Å². The maximum atomic E-state index is 10.7. The Morgan fingerprint density at radius 2 is 2.28 bits per heavy atom. The lowest BCUT2D eigenvalue weighted by Gasteiger charge is -2.19. The second kappa shape index (κ2) is 4.46. The molecule has 0 amide bonds. The highest BCUT2D eigenvalue weighted by Crippen LogP contribution is 2.32. The monoisotopic (exact) mass is 267 g/mol. The molecule has 3 N–H and O–H groups in total. The van der Waals surface area contributed by atoms with Gasteiger partial charge >= 0.3 is 5.00 Å². The zero-order valence-electron chi connectivity index (χ0n) is 10.0. The largest absolute Gasteiger partial charge is 0.368 e. The maximum Gasteiger partial charge on any atom is 0.326 e. The fraction of sp³-hybridized carbons (Fsp3) is 0.400. The van der Waals surface area contributed by atoms with Crippen LogP contribution in [0.1, 0.15) is 13.8 Å². The van der Waals surface area contributed by atoms with Crippen LogP contribution in [0.2, 0.25) is 0 Å². The van der Waals surface area contributed by atoms with Crippen LogP contribution in [0.25, 0.3) is 10.2 Å². The third-order valence-electron chi connectivity index (χ3n) is 2.21. The standard InChI is InChI=1S/C10H13N5O2S/c1-10(2,11)4-12-8-6-3-7(15(16)17)18-9(6)14-5-13-8/h3,5H,4,11H2,1-2H3,(H,12,13,14). The molecule has 2 aromatic heterocycles. The van der Waals surface area contributed by atoms with E-state index >= 15 is 0 Å². The van der Waals surface area contributed by atoms with Gasteiger partial charge < -0.3 is 11.1 Å². The summed E-state index contributed by atoms with van der Waals surface area (Å²) in [4.78, 5) is 19.0. The van der Waals surface area contributed by atoms with Crippen molar-refractivity contribution < 1.29 is 4.92 Å². The minimum absolute atomic E-state index is 0.0561. The van der Waals surface area contributed by atoms with Crippen LogP contribution in [0.15, 0.2) is 12.4 Å². The lowest BCUT2D eigenvalue weighted by molar-refractivity contribution is -0.380. The van der Waals surface area contributed by atoms with Crippen molar-refractivity contribution in [3.8, 4) is 0 Å². The number of anilines is 1. The molecule has 0 aliphatic rings. The molecule has 0 spiro atoms. The summed E-state index contributed by atoms with van der Waals surface area (Å²) in [5.41, 5.74) is 5.48. The van der Waals surface area contributed by atoms with Gasteiger partial charge in [0.25, 0.3) is 0 Å². The van der Waals surface area contributed by atoms with E-state index in [0.717, 1.165) is 11.3 Å². The fourth-order valence-electron chi connectivity index (χ4n) is 1.39. The van der Waals surface area contributed by atoms with Crippen molar-refractivity contribution in [3.63, 3.8) is 0 Å². The Morgan fingerprint density at radius 1 is 1.56 bits per heavy atom. The van der Waals surface area contributed by atoms with E-state index in [2.05, 4.69) is 15.3 Å². The Labute approximate surface area is 107 Å². The number of hydrogen-bond acceptors (Lipinski definition) is 7. The van der Waals surface area contributed by atoms with Crippen molar-refractivity contribution in [2.75, 3.05) is 11.9 Å². The number of nitrogens with one attached hydrogen (secondary N) is 1. The lowest BCUT2D eigenvalue weighted by atomic mass is 10.1. The highest BCUT2D eigenvalue weighted by atomic mass is 32.1. The first-order chi connectivity index (χ1) is 8.37. The number of hydrogen-bond donors (Lipinski definition) is 2. The third kappa shape index (κ3) is 2.71. The number of thiophene rings is 1. The second-order valence-corrected chi connectivity index (χ2v) is 5.63. The second-order valence-electron chi connectivity index (χ2n) is 4.62. The average molecular weight is 267 g/mol. The molecule has 8 heteroatoms. The molecular formula is C10H13N5O2S. The minimum Gasteiger partial charge on any atom is -0.368 e. The zero-order chi connectivity index (χ0) is 13.3. The first-order valence-electron chi connectivity index (χ1n) is 5.28. The van der Waals surface area contributed by atoms with Crippen molar-refractivity contribution in [3.05, 3.63) is 22.5 Å². The van der Waals surface area contributed by atoms with E-state index < -0.39 is 4.92 Å². The number of nitrogens with zero attached hydrogens (tertiary/aromatic N) is 3. The molecule has 0 bridgehead atoms. The van der Waals surface area contributed by atoms with Gasteiger partial charge in [-0.25, -0.2) is 9.97 Å². The first-order valence-corrected chi connectivity index (χ1v) is 6.10. The van der Waals surface area contributed by atoms with Gasteiger partial charge in [-0.3, -0.25) is 10.1 Å². The highest BCUT2D eigenvalue weighted by molar-refractivity contribution is 7.21. The summed E-state index contributed by atoms with van der Waals surface area (Å²) in [6, 6.07) is 1.48. The molecule has 2 heterocycles. The summed E-state index contributed by atoms with van der Waals surface area (Å²) in [7, 11) is 0. The van der Waals surface area contributed by atoms with Crippen molar-refractivity contribution >= 4 is 32.4 Å². The number of nitro groups is 1. The van der Waals surface area contributed by atoms with Gasteiger partial charge in [-0.2, -0.15) is 0 Å². The van der Waals surface area contributed by atoms with Gasteiger partial charge in [-0.15, -0.1) is 0 Å². The molecule has 0 aromatic carbocycles. The Bertz CT molecular complexity index is 589. The van der Waals surface area contributed by atoms with Gasteiger partial charge in [0.2, 0.25) is 0 Å². The summed E-state index contributed by atoms with van der Waals surface area (Å²) in [5.74, 6) is 0.572. The number of fused-ring (bicyclic) bond motifs is 1. The van der Waals surface area contributed by atoms with E-state index in [1.165, 1.54) is 12.4 Å². The van der Waals surface area contributed by atoms with E-state index in [9.17, 15) is 10.1 Å². The number of aromatic nitrogens is 2. The molecule has 0 saturated heterocycles. The molecule has 0 fully saturated rings. The average Bonchev–Trinajstić information content (AvgIpc) is 2.69. The predicted octanol–water partition coefficient (Wildman–Crippen LogP) is 1.75. The topological polar surface area (TPSA) is 107 Å². The lowest BCUT2D eigenvalue weighted by Crippen LogP contribution is -2.39. The maximum absolute atomic E-state index is 10.7. The molecule has 2 rings (SSSR count). The van der Waals surface area contributed by atoms with Crippen molar-refractivity contribution in [2.45, 2.75) is 19.4 Å². The molecular weight excluding hydrogens is 254 g/mol. The normalized spacial score (nSPS) is 11.7. The van der Waals surface area contributed by atoms with E-state index in [1.54, 1.807) is 0 Å². The van der Waals surface area contributed by atoms with E-state index in [4.69, 9.17) is 5.73 Å². The van der Waals surface area contributed by atoms with Gasteiger partial charge in [-0.05, 0) is 25.2 Å². The molecule has 0 aliphatic heterocycles. The smallest absolute Gasteiger partial charge is 0.326 e. The zero-order valence-corrected chi connectivity index (χ0v) is 10.8. The molecule has 0 radical (unpaired) electrons. The fourth-order valence-corrected chi connectivity index (χ4v) is 2.20. The van der Waals surface area contributed by atoms with Crippen LogP contribution in [-0.4, -0.2) is 27.0 Å². The summed E-state index contributed by atoms with van der Waals surface area (Å²) in [6.45, 7) is 4.28. The van der Waals surface area contributed by atoms with Gasteiger partial charge in [-0.1, -0.05) is 0 Å². The molecule has 96 valence electrons. The van der Waals surface area contributed by atoms with Crippen molar-refractivity contribution in [2.24, 2.45) is 5.73 Å². The molecule has 2 aromatic rings. The Kier molecular flexibility index (Phi) is 3.14. The Balaban J connectivity index is 2.36. The molecule has 0 aliphatic carbocycles. The molecule has 0 atom stereocenters. The first kappa shape index (κ1) is 12.7. The SMILES string of the molecule is CC(C)(N)CNc1ncnc2sc([N+](=O)[O-])cc12. The molecule has 18 heavy (non-hydrogen) atoms. The van der Waals surface area contributed by atoms with Crippen LogP contribution < -0.4 is 11.1 Å². The van der Waals surface area contributed by atoms with Gasteiger partial charge in [0.05, 0.1) is 10.3 Å². The van der Waals surface area contributed by atoms with Gasteiger partial charge in [0, 0.05) is 18.2 Å². The van der Waals surface area contributed by atoms with Crippen LogP contribution in [0.4, 0.5) is 10.8 Å². The summed E-state index contributed by atoms with van der Waals surface area (Å²) >= 11 is 1.03. The van der Waals surface area contributed by atoms with Crippen LogP contribution >= 0.6 is 11.3 Å². The molecule has 0 unspecified atom stereocenters. The highest BCUT2D eigenvalue weighted by Gasteiger charge is 2.17. The number of rotatable bonds is 4. The van der Waals surface area contributed by atoms with Gasteiger partial charge in [0.1, 0.15) is 17.0 Å². The van der Waals surface area contributed by atoms with Gasteiger partial charge in [0.15, 0.2) is 0 Å². The van der Waals surface area contributed by atoms with Crippen molar-refractivity contribution in [1.82, 2.24) is 9.97 Å². The van der Waals surface area contributed by atoms with Crippen LogP contribution in [-0.2, 0) is 0 Å². The summed E-state index contributed by atoms with van der Waals surface area (Å²) in [6.07, 6.45) is 1.38. The van der Waals surface area contributed by atoms with E-state index in [1.807, 2.05) is 13.8 Å². The molecule has 0 saturated carbocycles. The van der Waals surface area contributed by atoms with E-state index in [-0.39, 0.29) is 10.5 Å². The predicted molar refractivity (Wildman–Crippen MR) is 70.8 cm³/mol. The van der Waals surface area contributed by atoms with Crippen LogP contribution in [0.3, 0.4) is 0 Å². The van der Waals surface area contributed by atoms with Crippen molar-refractivity contribution in [1.29, 1.82) is 0 Å².